The molecule has 1 N–H and O–H groups in total. The van der Waals surface area contributed by atoms with Gasteiger partial charge in [0, 0.05) is 37.3 Å². The first-order chi connectivity index (χ1) is 15.5. The van der Waals surface area contributed by atoms with Gasteiger partial charge in [0.2, 0.25) is 0 Å². The van der Waals surface area contributed by atoms with Crippen LogP contribution in [0.1, 0.15) is 23.6 Å². The molecule has 0 radical (unpaired) electrons. The molecule has 2 heterocycles. The van der Waals surface area contributed by atoms with E-state index in [4.69, 9.17) is 4.74 Å². The summed E-state index contributed by atoms with van der Waals surface area (Å²) >= 11 is 0. The Morgan fingerprint density at radius 2 is 1.69 bits per heavy atom. The number of ketones is 1. The summed E-state index contributed by atoms with van der Waals surface area (Å²) in [5.74, 6) is -3.21. The zero-order valence-corrected chi connectivity index (χ0v) is 17.5. The van der Waals surface area contributed by atoms with E-state index in [1.807, 2.05) is 0 Å². The molecule has 2 aliphatic heterocycles. The van der Waals surface area contributed by atoms with Gasteiger partial charge in [-0.3, -0.25) is 14.5 Å². The van der Waals surface area contributed by atoms with Crippen LogP contribution in [-0.4, -0.2) is 66.0 Å². The first-order valence-electron chi connectivity index (χ1n) is 10.6. The summed E-state index contributed by atoms with van der Waals surface area (Å²) in [4.78, 5) is 29.3. The molecular weight excluding hydrogens is 418 g/mol. The van der Waals surface area contributed by atoms with E-state index in [9.17, 15) is 23.5 Å². The number of nitrogens with zero attached hydrogens (tertiary/aromatic N) is 2. The number of aliphatic hydroxyl groups excluding tert-OH is 1. The molecule has 2 aliphatic rings. The van der Waals surface area contributed by atoms with Crippen molar-refractivity contribution in [3.8, 4) is 0 Å². The molecule has 2 fully saturated rings. The van der Waals surface area contributed by atoms with Crippen LogP contribution in [-0.2, 0) is 14.3 Å². The SMILES string of the molecule is O=C1C(=O)N(CCCN2CCOCC2)[C@@H](c2ccccc2F)C1=C(O)c1ccc(F)cc1. The lowest BCUT2D eigenvalue weighted by molar-refractivity contribution is -0.140. The van der Waals surface area contributed by atoms with Gasteiger partial charge in [0.1, 0.15) is 17.4 Å². The van der Waals surface area contributed by atoms with Crippen LogP contribution in [0.2, 0.25) is 0 Å². The Kier molecular flexibility index (Phi) is 6.62. The highest BCUT2D eigenvalue weighted by molar-refractivity contribution is 6.46. The maximum Gasteiger partial charge on any atom is 0.295 e. The topological polar surface area (TPSA) is 70.1 Å². The van der Waals surface area contributed by atoms with Crippen LogP contribution >= 0.6 is 0 Å². The fraction of sp³-hybridized carbons (Fsp3) is 0.333. The van der Waals surface area contributed by atoms with Crippen molar-refractivity contribution in [2.24, 2.45) is 0 Å². The number of Topliss-reactive ketones (excluding diaryl/α,β-unsaturated/α-hetero) is 1. The first kappa shape index (κ1) is 22.1. The maximum atomic E-state index is 14.7. The lowest BCUT2D eigenvalue weighted by Crippen LogP contribution is -2.39. The number of halogens is 2. The van der Waals surface area contributed by atoms with E-state index in [0.29, 0.717) is 26.2 Å². The molecule has 168 valence electrons. The van der Waals surface area contributed by atoms with E-state index in [-0.39, 0.29) is 23.2 Å². The Hall–Kier alpha value is -3.10. The van der Waals surface area contributed by atoms with Gasteiger partial charge in [-0.25, -0.2) is 8.78 Å². The van der Waals surface area contributed by atoms with Crippen molar-refractivity contribution < 1.29 is 28.2 Å². The molecule has 2 saturated heterocycles. The van der Waals surface area contributed by atoms with E-state index >= 15 is 0 Å². The van der Waals surface area contributed by atoms with Crippen LogP contribution < -0.4 is 0 Å². The summed E-state index contributed by atoms with van der Waals surface area (Å²) in [5, 5.41) is 10.9. The van der Waals surface area contributed by atoms with E-state index in [2.05, 4.69) is 4.90 Å². The van der Waals surface area contributed by atoms with Gasteiger partial charge in [-0.15, -0.1) is 0 Å². The molecule has 2 aromatic rings. The summed E-state index contributed by atoms with van der Waals surface area (Å²) < 4.78 is 33.4. The highest BCUT2D eigenvalue weighted by Crippen LogP contribution is 2.40. The summed E-state index contributed by atoms with van der Waals surface area (Å²) in [6, 6.07) is 9.74. The number of aliphatic hydroxyl groups is 1. The monoisotopic (exact) mass is 442 g/mol. The Bertz CT molecular complexity index is 1030. The van der Waals surface area contributed by atoms with Crippen molar-refractivity contribution in [1.82, 2.24) is 9.80 Å². The molecule has 0 aromatic heterocycles. The Morgan fingerprint density at radius 1 is 1.00 bits per heavy atom. The minimum absolute atomic E-state index is 0.127. The van der Waals surface area contributed by atoms with Crippen molar-refractivity contribution in [3.63, 3.8) is 0 Å². The van der Waals surface area contributed by atoms with Crippen molar-refractivity contribution >= 4 is 17.4 Å². The second-order valence-corrected chi connectivity index (χ2v) is 7.83. The number of amides is 1. The molecule has 4 rings (SSSR count). The largest absolute Gasteiger partial charge is 0.507 e. The van der Waals surface area contributed by atoms with E-state index in [1.54, 1.807) is 6.07 Å². The third-order valence-corrected chi connectivity index (χ3v) is 5.83. The standard InChI is InChI=1S/C24H24F2N2O4/c25-17-8-6-16(7-9-17)22(29)20-21(18-4-1-2-5-19(18)26)28(24(31)23(20)30)11-3-10-27-12-14-32-15-13-27/h1-2,4-9,21,29H,3,10-15H2/t21-/m0/s1. The number of morpholine rings is 1. The van der Waals surface area contributed by atoms with Gasteiger partial charge >= 0.3 is 0 Å². The molecule has 1 amide bonds. The quantitative estimate of drug-likeness (QED) is 0.423. The van der Waals surface area contributed by atoms with Gasteiger partial charge in [0.25, 0.3) is 11.7 Å². The van der Waals surface area contributed by atoms with Crippen LogP contribution in [0.4, 0.5) is 8.78 Å². The lowest BCUT2D eigenvalue weighted by atomic mass is 9.95. The molecule has 1 atom stereocenters. The second kappa shape index (κ2) is 9.58. The Labute approximate surface area is 184 Å². The highest BCUT2D eigenvalue weighted by atomic mass is 19.1. The zero-order chi connectivity index (χ0) is 22.7. The van der Waals surface area contributed by atoms with Gasteiger partial charge in [-0.05, 0) is 36.8 Å². The van der Waals surface area contributed by atoms with Crippen LogP contribution in [0, 0.1) is 11.6 Å². The zero-order valence-electron chi connectivity index (χ0n) is 17.5. The minimum Gasteiger partial charge on any atom is -0.507 e. The van der Waals surface area contributed by atoms with Gasteiger partial charge in [0.15, 0.2) is 0 Å². The number of ether oxygens (including phenoxy) is 1. The second-order valence-electron chi connectivity index (χ2n) is 7.83. The predicted octanol–water partition coefficient (Wildman–Crippen LogP) is 3.11. The number of benzene rings is 2. The molecule has 32 heavy (non-hydrogen) atoms. The molecule has 0 spiro atoms. The molecule has 6 nitrogen and oxygen atoms in total. The number of hydrogen-bond donors (Lipinski definition) is 1. The summed E-state index contributed by atoms with van der Waals surface area (Å²) in [6.07, 6.45) is 0.578. The van der Waals surface area contributed by atoms with E-state index in [1.165, 1.54) is 35.2 Å². The maximum absolute atomic E-state index is 14.7. The minimum atomic E-state index is -1.06. The third-order valence-electron chi connectivity index (χ3n) is 5.83. The number of likely N-dealkylation sites (tertiary alicyclic amines) is 1. The van der Waals surface area contributed by atoms with Crippen molar-refractivity contribution in [2.75, 3.05) is 39.4 Å². The third kappa shape index (κ3) is 4.42. The number of rotatable bonds is 6. The van der Waals surface area contributed by atoms with Gasteiger partial charge in [-0.1, -0.05) is 18.2 Å². The molecule has 0 aliphatic carbocycles. The van der Waals surface area contributed by atoms with Crippen LogP contribution in [0.5, 0.6) is 0 Å². The molecular formula is C24H24F2N2O4. The molecule has 0 bridgehead atoms. The van der Waals surface area contributed by atoms with Crippen molar-refractivity contribution in [3.05, 3.63) is 76.9 Å². The average molecular weight is 442 g/mol. The van der Waals surface area contributed by atoms with Crippen LogP contribution in [0.25, 0.3) is 5.76 Å². The highest BCUT2D eigenvalue weighted by Gasteiger charge is 2.46. The van der Waals surface area contributed by atoms with E-state index in [0.717, 1.165) is 25.2 Å². The van der Waals surface area contributed by atoms with Crippen LogP contribution in [0.15, 0.2) is 54.1 Å². The lowest BCUT2D eigenvalue weighted by Gasteiger charge is -2.29. The average Bonchev–Trinajstić information content (AvgIpc) is 3.05. The molecule has 2 aromatic carbocycles. The van der Waals surface area contributed by atoms with E-state index < -0.39 is 35.1 Å². The molecule has 8 heteroatoms. The number of carbonyl (C=O) groups excluding carboxylic acids is 2. The molecule has 0 unspecified atom stereocenters. The predicted molar refractivity (Wildman–Crippen MR) is 114 cm³/mol. The smallest absolute Gasteiger partial charge is 0.295 e. The van der Waals surface area contributed by atoms with Gasteiger partial charge < -0.3 is 14.7 Å². The first-order valence-corrected chi connectivity index (χ1v) is 10.6. The molecule has 0 saturated carbocycles. The fourth-order valence-electron chi connectivity index (χ4n) is 4.18. The normalized spacial score (nSPS) is 21.3. The number of hydrogen-bond acceptors (Lipinski definition) is 5. The Morgan fingerprint density at radius 3 is 2.38 bits per heavy atom. The number of carbonyl (C=O) groups is 2. The van der Waals surface area contributed by atoms with Crippen molar-refractivity contribution in [2.45, 2.75) is 12.5 Å². The Balaban J connectivity index is 1.68. The fourth-order valence-corrected chi connectivity index (χ4v) is 4.18. The summed E-state index contributed by atoms with van der Waals surface area (Å²) in [6.45, 7) is 3.81. The van der Waals surface area contributed by atoms with Gasteiger partial charge in [-0.2, -0.15) is 0 Å². The van der Waals surface area contributed by atoms with Crippen LogP contribution in [0.3, 0.4) is 0 Å². The van der Waals surface area contributed by atoms with Gasteiger partial charge in [0.05, 0.1) is 24.8 Å². The summed E-state index contributed by atoms with van der Waals surface area (Å²) in [7, 11) is 0. The van der Waals surface area contributed by atoms with Crippen molar-refractivity contribution in [1.29, 1.82) is 0 Å². The summed E-state index contributed by atoms with van der Waals surface area (Å²) in [5.41, 5.74) is 0.110.